The van der Waals surface area contributed by atoms with Gasteiger partial charge in [-0.05, 0) is 18.9 Å². The molecule has 1 fully saturated rings. The van der Waals surface area contributed by atoms with Gasteiger partial charge in [-0.2, -0.15) is 4.31 Å². The van der Waals surface area contributed by atoms with Gasteiger partial charge >= 0.3 is 0 Å². The number of aryl methyl sites for hydroxylation is 1. The number of primary amides is 2. The SMILES string of the molecule is Cn1cc(S(=O)(=O)N2CCC(C(N)=O)CC2)cc1C(N)=O. The average Bonchev–Trinajstić information content (AvgIpc) is 2.82. The molecule has 21 heavy (non-hydrogen) atoms. The van der Waals surface area contributed by atoms with Crippen LogP contribution in [0.3, 0.4) is 0 Å². The summed E-state index contributed by atoms with van der Waals surface area (Å²) in [5.74, 6) is -1.37. The minimum absolute atomic E-state index is 0.0244. The quantitative estimate of drug-likeness (QED) is 0.739. The summed E-state index contributed by atoms with van der Waals surface area (Å²) in [6.07, 6.45) is 2.17. The van der Waals surface area contributed by atoms with Crippen molar-refractivity contribution in [3.8, 4) is 0 Å². The summed E-state index contributed by atoms with van der Waals surface area (Å²) < 4.78 is 27.7. The lowest BCUT2D eigenvalue weighted by Gasteiger charge is -2.29. The minimum atomic E-state index is -3.69. The fourth-order valence-corrected chi connectivity index (χ4v) is 3.99. The molecule has 9 heteroatoms. The molecule has 0 aliphatic carbocycles. The molecule has 0 unspecified atom stereocenters. The maximum absolute atomic E-state index is 12.5. The number of carbonyl (C=O) groups excluding carboxylic acids is 2. The Morgan fingerprint density at radius 3 is 2.24 bits per heavy atom. The lowest BCUT2D eigenvalue weighted by Crippen LogP contribution is -2.41. The molecule has 2 heterocycles. The van der Waals surface area contributed by atoms with E-state index in [1.807, 2.05) is 0 Å². The van der Waals surface area contributed by atoms with Crippen LogP contribution in [-0.4, -0.2) is 42.2 Å². The van der Waals surface area contributed by atoms with Crippen LogP contribution in [0, 0.1) is 5.92 Å². The Labute approximate surface area is 122 Å². The number of amides is 2. The molecule has 0 radical (unpaired) electrons. The van der Waals surface area contributed by atoms with Gasteiger partial charge in [-0.3, -0.25) is 9.59 Å². The highest BCUT2D eigenvalue weighted by atomic mass is 32.2. The fourth-order valence-electron chi connectivity index (χ4n) is 2.45. The van der Waals surface area contributed by atoms with Crippen molar-refractivity contribution in [3.63, 3.8) is 0 Å². The number of carbonyl (C=O) groups is 2. The summed E-state index contributed by atoms with van der Waals surface area (Å²) in [7, 11) is -2.14. The largest absolute Gasteiger partial charge is 0.369 e. The average molecular weight is 314 g/mol. The van der Waals surface area contributed by atoms with E-state index < -0.39 is 21.8 Å². The van der Waals surface area contributed by atoms with Crippen LogP contribution in [0.15, 0.2) is 17.2 Å². The van der Waals surface area contributed by atoms with Crippen LogP contribution in [0.4, 0.5) is 0 Å². The number of sulfonamides is 1. The molecular formula is C12H18N4O4S. The zero-order valence-electron chi connectivity index (χ0n) is 11.7. The Morgan fingerprint density at radius 1 is 1.24 bits per heavy atom. The van der Waals surface area contributed by atoms with Crippen LogP contribution in [0.1, 0.15) is 23.3 Å². The maximum Gasteiger partial charge on any atom is 0.265 e. The molecule has 0 bridgehead atoms. The Balaban J connectivity index is 2.21. The van der Waals surface area contributed by atoms with Gasteiger partial charge in [0.25, 0.3) is 5.91 Å². The lowest BCUT2D eigenvalue weighted by atomic mass is 9.98. The number of nitrogens with zero attached hydrogens (tertiary/aromatic N) is 2. The van der Waals surface area contributed by atoms with Gasteiger partial charge in [-0.25, -0.2) is 8.42 Å². The van der Waals surface area contributed by atoms with Crippen LogP contribution in [0.2, 0.25) is 0 Å². The van der Waals surface area contributed by atoms with E-state index in [2.05, 4.69) is 0 Å². The second-order valence-corrected chi connectivity index (χ2v) is 7.05. The highest BCUT2D eigenvalue weighted by Gasteiger charge is 2.32. The molecule has 2 rings (SSSR count). The zero-order chi connectivity index (χ0) is 15.8. The number of hydrogen-bond acceptors (Lipinski definition) is 4. The second-order valence-electron chi connectivity index (χ2n) is 5.12. The number of rotatable bonds is 4. The molecule has 1 aromatic rings. The molecular weight excluding hydrogens is 296 g/mol. The van der Waals surface area contributed by atoms with Crippen molar-refractivity contribution in [2.24, 2.45) is 24.4 Å². The maximum atomic E-state index is 12.5. The summed E-state index contributed by atoms with van der Waals surface area (Å²) in [6, 6.07) is 1.26. The van der Waals surface area contributed by atoms with E-state index in [1.54, 1.807) is 7.05 Å². The molecule has 1 saturated heterocycles. The van der Waals surface area contributed by atoms with Crippen LogP contribution in [0.25, 0.3) is 0 Å². The van der Waals surface area contributed by atoms with Crippen molar-refractivity contribution in [3.05, 3.63) is 18.0 Å². The summed E-state index contributed by atoms with van der Waals surface area (Å²) in [6.45, 7) is 0.466. The molecule has 0 atom stereocenters. The molecule has 1 aromatic heterocycles. The Kier molecular flexibility index (Phi) is 4.06. The first-order valence-electron chi connectivity index (χ1n) is 6.49. The molecule has 0 spiro atoms. The normalized spacial score (nSPS) is 17.8. The summed E-state index contributed by atoms with van der Waals surface area (Å²) in [5, 5.41) is 0. The van der Waals surface area contributed by atoms with Gasteiger partial charge in [0.15, 0.2) is 0 Å². The van der Waals surface area contributed by atoms with Crippen LogP contribution in [0.5, 0.6) is 0 Å². The number of piperidine rings is 1. The monoisotopic (exact) mass is 314 g/mol. The molecule has 2 amide bonds. The third-order valence-corrected chi connectivity index (χ3v) is 5.59. The third-order valence-electron chi connectivity index (χ3n) is 3.73. The molecule has 4 N–H and O–H groups in total. The topological polar surface area (TPSA) is 128 Å². The smallest absolute Gasteiger partial charge is 0.265 e. The first-order valence-corrected chi connectivity index (χ1v) is 7.93. The molecule has 1 aliphatic rings. The highest BCUT2D eigenvalue weighted by molar-refractivity contribution is 7.89. The van der Waals surface area contributed by atoms with E-state index in [4.69, 9.17) is 11.5 Å². The number of hydrogen-bond donors (Lipinski definition) is 2. The van der Waals surface area contributed by atoms with Gasteiger partial charge in [0.1, 0.15) is 10.6 Å². The molecule has 8 nitrogen and oxygen atoms in total. The first-order chi connectivity index (χ1) is 9.73. The molecule has 116 valence electrons. The lowest BCUT2D eigenvalue weighted by molar-refractivity contribution is -0.122. The van der Waals surface area contributed by atoms with Crippen molar-refractivity contribution >= 4 is 21.8 Å². The van der Waals surface area contributed by atoms with Gasteiger partial charge in [0, 0.05) is 32.3 Å². The predicted octanol–water partition coefficient (Wildman–Crippen LogP) is -0.990. The van der Waals surface area contributed by atoms with E-state index in [-0.39, 0.29) is 29.6 Å². The third kappa shape index (κ3) is 2.93. The van der Waals surface area contributed by atoms with Crippen LogP contribution in [-0.2, 0) is 21.9 Å². The van der Waals surface area contributed by atoms with E-state index in [9.17, 15) is 18.0 Å². The van der Waals surface area contributed by atoms with Gasteiger partial charge in [0.05, 0.1) is 0 Å². The molecule has 1 aliphatic heterocycles. The Morgan fingerprint density at radius 2 is 1.81 bits per heavy atom. The van der Waals surface area contributed by atoms with Crippen molar-refractivity contribution < 1.29 is 18.0 Å². The van der Waals surface area contributed by atoms with Crippen LogP contribution < -0.4 is 11.5 Å². The van der Waals surface area contributed by atoms with Gasteiger partial charge < -0.3 is 16.0 Å². The van der Waals surface area contributed by atoms with Gasteiger partial charge in [-0.15, -0.1) is 0 Å². The van der Waals surface area contributed by atoms with Gasteiger partial charge in [0.2, 0.25) is 15.9 Å². The first kappa shape index (κ1) is 15.5. The number of aromatic nitrogens is 1. The van der Waals surface area contributed by atoms with E-state index in [0.717, 1.165) is 0 Å². The second kappa shape index (κ2) is 5.49. The summed E-state index contributed by atoms with van der Waals surface area (Å²) in [4.78, 5) is 22.3. The summed E-state index contributed by atoms with van der Waals surface area (Å²) >= 11 is 0. The fraction of sp³-hybridized carbons (Fsp3) is 0.500. The molecule has 0 saturated carbocycles. The van der Waals surface area contributed by atoms with Gasteiger partial charge in [-0.1, -0.05) is 0 Å². The van der Waals surface area contributed by atoms with E-state index >= 15 is 0 Å². The summed E-state index contributed by atoms with van der Waals surface area (Å²) in [5.41, 5.74) is 10.5. The van der Waals surface area contributed by atoms with Crippen molar-refractivity contribution in [1.29, 1.82) is 0 Å². The van der Waals surface area contributed by atoms with Crippen LogP contribution >= 0.6 is 0 Å². The standard InChI is InChI=1S/C12H18N4O4S/c1-15-7-9(6-10(15)12(14)18)21(19,20)16-4-2-8(3-5-16)11(13)17/h6-8H,2-5H2,1H3,(H2,13,17)(H2,14,18). The zero-order valence-corrected chi connectivity index (χ0v) is 12.5. The van der Waals surface area contributed by atoms with Crippen molar-refractivity contribution in [2.75, 3.05) is 13.1 Å². The Hall–Kier alpha value is -1.87. The number of nitrogens with two attached hydrogens (primary N) is 2. The minimum Gasteiger partial charge on any atom is -0.369 e. The van der Waals surface area contributed by atoms with Crippen molar-refractivity contribution in [1.82, 2.24) is 8.87 Å². The van der Waals surface area contributed by atoms with E-state index in [1.165, 1.54) is 21.1 Å². The molecule has 0 aromatic carbocycles. The van der Waals surface area contributed by atoms with E-state index in [0.29, 0.717) is 12.8 Å². The predicted molar refractivity (Wildman–Crippen MR) is 74.6 cm³/mol. The Bertz CT molecular complexity index is 671. The highest BCUT2D eigenvalue weighted by Crippen LogP contribution is 2.24. The van der Waals surface area contributed by atoms with Crippen molar-refractivity contribution in [2.45, 2.75) is 17.7 Å².